The van der Waals surface area contributed by atoms with Crippen molar-refractivity contribution in [3.8, 4) is 23.3 Å². The molecule has 0 saturated carbocycles. The number of hydrogen-bond acceptors (Lipinski definition) is 9. The number of ketones is 2. The van der Waals surface area contributed by atoms with Crippen molar-refractivity contribution in [3.05, 3.63) is 57.8 Å². The molecule has 0 radical (unpaired) electrons. The Kier molecular flexibility index (Phi) is 8.14. The second-order valence-electron chi connectivity index (χ2n) is 9.22. The Hall–Kier alpha value is -3.68. The number of rotatable bonds is 8. The van der Waals surface area contributed by atoms with Gasteiger partial charge >= 0.3 is 0 Å². The maximum absolute atomic E-state index is 14.1. The molecule has 9 nitrogen and oxygen atoms in total. The molecule has 204 valence electrons. The fourth-order valence-corrected chi connectivity index (χ4v) is 5.83. The molecule has 0 saturated heterocycles. The van der Waals surface area contributed by atoms with Gasteiger partial charge in [0.25, 0.3) is 0 Å². The van der Waals surface area contributed by atoms with Crippen molar-refractivity contribution in [1.29, 1.82) is 5.26 Å². The van der Waals surface area contributed by atoms with Crippen molar-refractivity contribution in [1.82, 2.24) is 5.32 Å². The standard InChI is InChI=1S/C28H27ClN2O7S/c1-14-11-18(32)22(17(12-21(33)31-10-9-30)15-5-7-16(39-4)8-6-15)26(34)28(14)27(35)23-19(36-2)13-20(37-3)24(29)25(23)38-28/h5-8,13-14,17,34H,10-12H2,1-4H3,(H,31,33). The van der Waals surface area contributed by atoms with Crippen molar-refractivity contribution in [2.45, 2.75) is 36.2 Å². The molecule has 39 heavy (non-hydrogen) atoms. The van der Waals surface area contributed by atoms with Crippen LogP contribution in [0.25, 0.3) is 0 Å². The number of benzene rings is 2. The zero-order valence-electron chi connectivity index (χ0n) is 21.8. The van der Waals surface area contributed by atoms with Gasteiger partial charge in [0.15, 0.2) is 17.3 Å². The predicted molar refractivity (Wildman–Crippen MR) is 145 cm³/mol. The Labute approximate surface area is 235 Å². The van der Waals surface area contributed by atoms with Crippen molar-refractivity contribution in [2.75, 3.05) is 27.0 Å². The number of Topliss-reactive ketones (excluding diaryl/α,β-unsaturated/α-hetero) is 2. The number of amides is 1. The summed E-state index contributed by atoms with van der Waals surface area (Å²) in [5.41, 5.74) is -1.45. The third kappa shape index (κ3) is 4.70. The van der Waals surface area contributed by atoms with Gasteiger partial charge in [-0.1, -0.05) is 30.7 Å². The Morgan fingerprint density at radius 2 is 1.95 bits per heavy atom. The highest BCUT2D eigenvalue weighted by molar-refractivity contribution is 7.98. The van der Waals surface area contributed by atoms with Gasteiger partial charge in [-0.2, -0.15) is 5.26 Å². The number of methoxy groups -OCH3 is 2. The summed E-state index contributed by atoms with van der Waals surface area (Å²) in [5, 5.41) is 23.2. The molecular weight excluding hydrogens is 544 g/mol. The number of aliphatic hydroxyl groups is 1. The van der Waals surface area contributed by atoms with Crippen LogP contribution in [0.15, 0.2) is 46.6 Å². The second-order valence-corrected chi connectivity index (χ2v) is 10.5. The van der Waals surface area contributed by atoms with Crippen LogP contribution in [0.2, 0.25) is 5.02 Å². The Balaban J connectivity index is 1.91. The molecule has 1 heterocycles. The molecule has 0 bridgehead atoms. The van der Waals surface area contributed by atoms with Gasteiger partial charge in [-0.3, -0.25) is 14.4 Å². The molecule has 1 amide bonds. The van der Waals surface area contributed by atoms with Crippen LogP contribution < -0.4 is 19.5 Å². The normalized spacial score (nSPS) is 20.8. The van der Waals surface area contributed by atoms with Crippen LogP contribution in [-0.2, 0) is 9.59 Å². The van der Waals surface area contributed by atoms with E-state index in [2.05, 4.69) is 5.32 Å². The van der Waals surface area contributed by atoms with Gasteiger partial charge in [-0.15, -0.1) is 11.8 Å². The van der Waals surface area contributed by atoms with Crippen molar-refractivity contribution >= 4 is 40.8 Å². The first-order valence-electron chi connectivity index (χ1n) is 12.1. The van der Waals surface area contributed by atoms with Gasteiger partial charge in [-0.05, 0) is 24.0 Å². The highest BCUT2D eigenvalue weighted by Gasteiger charge is 2.61. The van der Waals surface area contributed by atoms with Crippen LogP contribution in [0.5, 0.6) is 17.2 Å². The van der Waals surface area contributed by atoms with Crippen LogP contribution in [0.4, 0.5) is 0 Å². The van der Waals surface area contributed by atoms with Crippen LogP contribution in [-0.4, -0.2) is 55.2 Å². The fraction of sp³-hybridized carbons (Fsp3) is 0.357. The number of aliphatic hydroxyl groups excluding tert-OH is 1. The minimum atomic E-state index is -1.96. The van der Waals surface area contributed by atoms with Gasteiger partial charge in [0, 0.05) is 41.2 Å². The molecule has 2 aliphatic rings. The molecule has 3 atom stereocenters. The third-order valence-corrected chi connectivity index (χ3v) is 8.23. The van der Waals surface area contributed by atoms with E-state index in [9.17, 15) is 19.5 Å². The average molecular weight is 571 g/mol. The zero-order valence-corrected chi connectivity index (χ0v) is 23.4. The van der Waals surface area contributed by atoms with E-state index >= 15 is 0 Å². The molecule has 1 aliphatic heterocycles. The highest BCUT2D eigenvalue weighted by Crippen LogP contribution is 2.55. The maximum Gasteiger partial charge on any atom is 0.231 e. The highest BCUT2D eigenvalue weighted by atomic mass is 35.5. The first-order valence-corrected chi connectivity index (χ1v) is 13.7. The van der Waals surface area contributed by atoms with Crippen LogP contribution in [0.3, 0.4) is 0 Å². The summed E-state index contributed by atoms with van der Waals surface area (Å²) in [7, 11) is 2.78. The quantitative estimate of drug-likeness (QED) is 0.344. The number of ether oxygens (including phenoxy) is 3. The van der Waals surface area contributed by atoms with Gasteiger partial charge in [0.05, 0.1) is 20.3 Å². The lowest BCUT2D eigenvalue weighted by Gasteiger charge is -2.38. The van der Waals surface area contributed by atoms with E-state index in [1.54, 1.807) is 19.1 Å². The summed E-state index contributed by atoms with van der Waals surface area (Å²) in [5.74, 6) is -3.44. The smallest absolute Gasteiger partial charge is 0.231 e. The Bertz CT molecular complexity index is 1420. The third-order valence-electron chi connectivity index (χ3n) is 7.13. The van der Waals surface area contributed by atoms with E-state index in [1.807, 2.05) is 24.5 Å². The van der Waals surface area contributed by atoms with E-state index in [0.717, 1.165) is 4.90 Å². The van der Waals surface area contributed by atoms with E-state index in [0.29, 0.717) is 5.56 Å². The van der Waals surface area contributed by atoms with Gasteiger partial charge in [-0.25, -0.2) is 0 Å². The number of nitriles is 1. The van der Waals surface area contributed by atoms with Crippen molar-refractivity contribution in [3.63, 3.8) is 0 Å². The number of nitrogens with one attached hydrogen (secondary N) is 1. The summed E-state index contributed by atoms with van der Waals surface area (Å²) < 4.78 is 16.9. The number of nitrogens with zero attached hydrogens (tertiary/aromatic N) is 1. The number of hydrogen-bond donors (Lipinski definition) is 2. The minimum absolute atomic E-state index is 0.0161. The monoisotopic (exact) mass is 570 g/mol. The Morgan fingerprint density at radius 1 is 1.28 bits per heavy atom. The van der Waals surface area contributed by atoms with E-state index < -0.39 is 40.7 Å². The largest absolute Gasteiger partial charge is 0.507 e. The maximum atomic E-state index is 14.1. The molecule has 11 heteroatoms. The number of fused-ring (bicyclic) bond motifs is 1. The number of halogens is 1. The molecule has 1 aliphatic carbocycles. The topological polar surface area (TPSA) is 135 Å². The molecule has 3 unspecified atom stereocenters. The van der Waals surface area contributed by atoms with Gasteiger partial charge in [0.1, 0.15) is 28.6 Å². The Morgan fingerprint density at radius 3 is 2.54 bits per heavy atom. The van der Waals surface area contributed by atoms with Gasteiger partial charge in [0.2, 0.25) is 17.3 Å². The fourth-order valence-electron chi connectivity index (χ4n) is 5.16. The number of carbonyl (C=O) groups is 3. The number of thioether (sulfide) groups is 1. The van der Waals surface area contributed by atoms with Crippen LogP contribution in [0, 0.1) is 17.2 Å². The molecule has 0 aromatic heterocycles. The predicted octanol–water partition coefficient (Wildman–Crippen LogP) is 4.63. The summed E-state index contributed by atoms with van der Waals surface area (Å²) in [6, 6.07) is 10.5. The average Bonchev–Trinajstić information content (AvgIpc) is 3.25. The first-order chi connectivity index (χ1) is 18.6. The van der Waals surface area contributed by atoms with Gasteiger partial charge < -0.3 is 24.6 Å². The first kappa shape index (κ1) is 28.3. The van der Waals surface area contributed by atoms with Crippen LogP contribution >= 0.6 is 23.4 Å². The summed E-state index contributed by atoms with van der Waals surface area (Å²) >= 11 is 8.04. The van der Waals surface area contributed by atoms with Crippen molar-refractivity contribution in [2.24, 2.45) is 5.92 Å². The summed E-state index contributed by atoms with van der Waals surface area (Å²) in [4.78, 5) is 41.3. The number of allylic oxidation sites excluding steroid dienone is 1. The van der Waals surface area contributed by atoms with Crippen molar-refractivity contribution < 1.29 is 33.7 Å². The molecule has 2 N–H and O–H groups in total. The van der Waals surface area contributed by atoms with Crippen LogP contribution in [0.1, 0.15) is 41.6 Å². The summed E-state index contributed by atoms with van der Waals surface area (Å²) in [6.45, 7) is 1.42. The SMILES string of the molecule is COc1cc(OC)c2c(c1Cl)OC1(C2=O)C(O)=C(C(CC(=O)NCC#N)c2ccc(SC)cc2)C(=O)CC1C. The second kappa shape index (κ2) is 11.2. The molecule has 2 aromatic rings. The lowest BCUT2D eigenvalue weighted by Crippen LogP contribution is -2.53. The van der Waals surface area contributed by atoms with E-state index in [-0.39, 0.29) is 52.8 Å². The van der Waals surface area contributed by atoms with E-state index in [1.165, 1.54) is 32.0 Å². The van der Waals surface area contributed by atoms with E-state index in [4.69, 9.17) is 31.1 Å². The lowest BCUT2D eigenvalue weighted by atomic mass is 9.69. The molecule has 0 fully saturated rings. The zero-order chi connectivity index (χ0) is 28.5. The molecular formula is C28H27ClN2O7S. The lowest BCUT2D eigenvalue weighted by molar-refractivity contribution is -0.121. The molecule has 4 rings (SSSR count). The number of carbonyl (C=O) groups excluding carboxylic acids is 3. The minimum Gasteiger partial charge on any atom is -0.507 e. The molecule has 2 aromatic carbocycles. The molecule has 1 spiro atoms. The summed E-state index contributed by atoms with van der Waals surface area (Å²) in [6.07, 6.45) is 1.55.